The topological polar surface area (TPSA) is 40.1 Å². The van der Waals surface area contributed by atoms with Crippen molar-refractivity contribution in [1.29, 1.82) is 0 Å². The lowest BCUT2D eigenvalue weighted by molar-refractivity contribution is -0.00522. The maximum Gasteiger partial charge on any atom is 0.193 e. The first-order chi connectivity index (χ1) is 11.0. The highest BCUT2D eigenvalue weighted by molar-refractivity contribution is 14.0. The van der Waals surface area contributed by atoms with Crippen LogP contribution in [0, 0.1) is 11.8 Å². The predicted octanol–water partition coefficient (Wildman–Crippen LogP) is 2.66. The van der Waals surface area contributed by atoms with Gasteiger partial charge in [0, 0.05) is 45.4 Å². The number of guanidine groups is 1. The van der Waals surface area contributed by atoms with Crippen LogP contribution in [0.1, 0.15) is 39.5 Å². The molecule has 6 heteroatoms. The number of hydrogen-bond acceptors (Lipinski definition) is 3. The van der Waals surface area contributed by atoms with E-state index in [1.165, 1.54) is 12.8 Å². The van der Waals surface area contributed by atoms with Crippen LogP contribution < -0.4 is 5.32 Å². The smallest absolute Gasteiger partial charge is 0.193 e. The minimum atomic E-state index is 0. The highest BCUT2D eigenvalue weighted by Crippen LogP contribution is 2.26. The summed E-state index contributed by atoms with van der Waals surface area (Å²) < 4.78 is 5.56. The molecule has 2 saturated heterocycles. The summed E-state index contributed by atoms with van der Waals surface area (Å²) in [5.74, 6) is 2.68. The lowest BCUT2D eigenvalue weighted by Gasteiger charge is -2.43. The van der Waals surface area contributed by atoms with Gasteiger partial charge >= 0.3 is 0 Å². The second-order valence-corrected chi connectivity index (χ2v) is 7.86. The van der Waals surface area contributed by atoms with E-state index in [1.54, 1.807) is 0 Å². The molecule has 0 aromatic rings. The number of nitrogens with zero attached hydrogens (tertiary/aromatic N) is 3. The van der Waals surface area contributed by atoms with Crippen LogP contribution in [0.15, 0.2) is 4.99 Å². The second kappa shape index (κ2) is 10.2. The minimum Gasteiger partial charge on any atom is -0.381 e. The predicted molar refractivity (Wildman–Crippen MR) is 112 cm³/mol. The van der Waals surface area contributed by atoms with E-state index in [2.05, 4.69) is 48.1 Å². The molecule has 0 amide bonds. The highest BCUT2D eigenvalue weighted by Gasteiger charge is 2.35. The van der Waals surface area contributed by atoms with Crippen molar-refractivity contribution in [3.8, 4) is 0 Å². The molecule has 2 heterocycles. The van der Waals surface area contributed by atoms with Gasteiger partial charge in [0.2, 0.25) is 0 Å². The van der Waals surface area contributed by atoms with Gasteiger partial charge in [-0.2, -0.15) is 0 Å². The molecule has 1 unspecified atom stereocenters. The van der Waals surface area contributed by atoms with Crippen LogP contribution in [-0.4, -0.2) is 75.3 Å². The molecule has 142 valence electrons. The Hall–Kier alpha value is -0.0800. The number of hydrogen-bond donors (Lipinski definition) is 1. The lowest BCUT2D eigenvalue weighted by Crippen LogP contribution is -2.57. The highest BCUT2D eigenvalue weighted by atomic mass is 127. The maximum absolute atomic E-state index is 5.56. The average Bonchev–Trinajstić information content (AvgIpc) is 2.96. The Bertz CT molecular complexity index is 394. The van der Waals surface area contributed by atoms with Crippen molar-refractivity contribution in [2.75, 3.05) is 54.0 Å². The summed E-state index contributed by atoms with van der Waals surface area (Å²) in [6.07, 6.45) is 4.79. The van der Waals surface area contributed by atoms with E-state index < -0.39 is 0 Å². The first-order valence-corrected chi connectivity index (χ1v) is 9.17. The van der Waals surface area contributed by atoms with E-state index in [9.17, 15) is 0 Å². The van der Waals surface area contributed by atoms with Crippen molar-refractivity contribution < 1.29 is 4.74 Å². The van der Waals surface area contributed by atoms with Crippen molar-refractivity contribution in [2.24, 2.45) is 16.8 Å². The largest absolute Gasteiger partial charge is 0.381 e. The van der Waals surface area contributed by atoms with Gasteiger partial charge in [-0.05, 0) is 51.6 Å². The van der Waals surface area contributed by atoms with E-state index in [0.717, 1.165) is 63.5 Å². The molecule has 2 aliphatic rings. The zero-order chi connectivity index (χ0) is 16.9. The number of rotatable bonds is 5. The van der Waals surface area contributed by atoms with Crippen molar-refractivity contribution in [2.45, 2.75) is 45.1 Å². The summed E-state index contributed by atoms with van der Waals surface area (Å²) in [4.78, 5) is 9.34. The van der Waals surface area contributed by atoms with Gasteiger partial charge in [-0.3, -0.25) is 4.99 Å². The van der Waals surface area contributed by atoms with Crippen LogP contribution in [-0.2, 0) is 4.74 Å². The summed E-state index contributed by atoms with van der Waals surface area (Å²) in [7, 11) is 6.28. The second-order valence-electron chi connectivity index (χ2n) is 7.86. The van der Waals surface area contributed by atoms with Gasteiger partial charge in [-0.25, -0.2) is 0 Å². The summed E-state index contributed by atoms with van der Waals surface area (Å²) in [5.41, 5.74) is 0.186. The van der Waals surface area contributed by atoms with Crippen LogP contribution >= 0.6 is 24.0 Å². The van der Waals surface area contributed by atoms with Gasteiger partial charge in [0.1, 0.15) is 0 Å². The molecule has 1 N–H and O–H groups in total. The summed E-state index contributed by atoms with van der Waals surface area (Å²) in [6.45, 7) is 9.59. The van der Waals surface area contributed by atoms with E-state index in [-0.39, 0.29) is 29.5 Å². The Balaban J connectivity index is 0.00000288. The maximum atomic E-state index is 5.56. The fourth-order valence-corrected chi connectivity index (χ4v) is 3.99. The fraction of sp³-hybridized carbons (Fsp3) is 0.944. The van der Waals surface area contributed by atoms with Crippen LogP contribution in [0.25, 0.3) is 0 Å². The van der Waals surface area contributed by atoms with Gasteiger partial charge in [0.05, 0.1) is 0 Å². The molecule has 2 aliphatic heterocycles. The quantitative estimate of drug-likeness (QED) is 0.396. The molecule has 0 saturated carbocycles. The van der Waals surface area contributed by atoms with Gasteiger partial charge in [0.25, 0.3) is 0 Å². The first kappa shape index (κ1) is 22.0. The van der Waals surface area contributed by atoms with Gasteiger partial charge in [-0.15, -0.1) is 24.0 Å². The van der Waals surface area contributed by atoms with Crippen molar-refractivity contribution >= 4 is 29.9 Å². The van der Waals surface area contributed by atoms with E-state index in [0.29, 0.717) is 0 Å². The third-order valence-corrected chi connectivity index (χ3v) is 5.55. The molecule has 2 fully saturated rings. The van der Waals surface area contributed by atoms with Gasteiger partial charge in [0.15, 0.2) is 5.96 Å². The Morgan fingerprint density at radius 1 is 1.33 bits per heavy atom. The molecule has 5 nitrogen and oxygen atoms in total. The number of aliphatic imine (C=N–C) groups is 1. The third-order valence-electron chi connectivity index (χ3n) is 5.55. The monoisotopic (exact) mass is 452 g/mol. The Kier molecular flexibility index (Phi) is 9.30. The van der Waals surface area contributed by atoms with Crippen LogP contribution in [0.3, 0.4) is 0 Å². The average molecular weight is 452 g/mol. The number of likely N-dealkylation sites (tertiary alicyclic amines) is 1. The van der Waals surface area contributed by atoms with Crippen molar-refractivity contribution in [3.63, 3.8) is 0 Å². The molecule has 1 atom stereocenters. The summed E-state index contributed by atoms with van der Waals surface area (Å²) >= 11 is 0. The molecule has 0 bridgehead atoms. The zero-order valence-corrected chi connectivity index (χ0v) is 18.5. The molecule has 24 heavy (non-hydrogen) atoms. The fourth-order valence-electron chi connectivity index (χ4n) is 3.99. The molecule has 0 aromatic carbocycles. The van der Waals surface area contributed by atoms with Crippen LogP contribution in [0.5, 0.6) is 0 Å². The molecule has 0 radical (unpaired) electrons. The Morgan fingerprint density at radius 3 is 2.54 bits per heavy atom. The summed E-state index contributed by atoms with van der Waals surface area (Å²) in [6, 6.07) is 0. The van der Waals surface area contributed by atoms with Gasteiger partial charge in [-0.1, -0.05) is 13.8 Å². The molecule has 2 rings (SSSR count). The van der Waals surface area contributed by atoms with Crippen LogP contribution in [0.4, 0.5) is 0 Å². The number of halogens is 1. The minimum absolute atomic E-state index is 0. The van der Waals surface area contributed by atoms with Crippen LogP contribution in [0.2, 0.25) is 0 Å². The summed E-state index contributed by atoms with van der Waals surface area (Å²) in [5, 5.41) is 3.66. The van der Waals surface area contributed by atoms with Crippen molar-refractivity contribution in [3.05, 3.63) is 0 Å². The SMILES string of the molecule is CN=C(NCC1(N(C)C)CCOCC1)N1CCC(CC(C)C)C1.I. The first-order valence-electron chi connectivity index (χ1n) is 9.17. The number of ether oxygens (including phenoxy) is 1. The normalized spacial score (nSPS) is 24.4. The number of nitrogens with one attached hydrogen (secondary N) is 1. The van der Waals surface area contributed by atoms with E-state index in [4.69, 9.17) is 4.74 Å². The number of likely N-dealkylation sites (N-methyl/N-ethyl adjacent to an activating group) is 1. The molecule has 0 aromatic heterocycles. The molecular formula is C18H37IN4O. The van der Waals surface area contributed by atoms with E-state index in [1.807, 2.05) is 7.05 Å². The molecule has 0 spiro atoms. The zero-order valence-electron chi connectivity index (χ0n) is 16.2. The van der Waals surface area contributed by atoms with E-state index >= 15 is 0 Å². The van der Waals surface area contributed by atoms with Gasteiger partial charge < -0.3 is 19.9 Å². The Labute approximate surface area is 165 Å². The molecule has 0 aliphatic carbocycles. The molecular weight excluding hydrogens is 415 g/mol. The third kappa shape index (κ3) is 5.73. The van der Waals surface area contributed by atoms with Crippen molar-refractivity contribution in [1.82, 2.24) is 15.1 Å². The standard InChI is InChI=1S/C18H36N4O.HI/c1-15(2)12-16-6-9-22(13-16)17(19-3)20-14-18(21(4)5)7-10-23-11-8-18;/h15-16H,6-14H2,1-5H3,(H,19,20);1H. The lowest BCUT2D eigenvalue weighted by atomic mass is 9.88. The Morgan fingerprint density at radius 2 is 2.00 bits per heavy atom.